The summed E-state index contributed by atoms with van der Waals surface area (Å²) in [5.74, 6) is -2.94. The molecule has 2 aromatic rings. The molecule has 220 valence electrons. The van der Waals surface area contributed by atoms with E-state index in [1.165, 1.54) is 16.0 Å². The molecule has 4 rings (SSSR count). The van der Waals surface area contributed by atoms with Gasteiger partial charge in [0, 0.05) is 30.0 Å². The number of carbonyl (C=O) groups is 5. The van der Waals surface area contributed by atoms with Crippen molar-refractivity contribution in [2.24, 2.45) is 11.7 Å². The van der Waals surface area contributed by atoms with Gasteiger partial charge in [-0.3, -0.25) is 24.0 Å². The number of nitrogens with zero attached hydrogens (tertiary/aromatic N) is 2. The molecule has 0 aromatic carbocycles. The standard InChI is InChI=1S/C28H35N5O7S/c1-3-4-5-22(36)30-17(12-21(29)35)20(34)10-15(2)6-7-19-25-16(28(8-9-28)32-26(25)38)11-24(37)33(19)13-23-31-18(14-41-23)27(39)40/h11,14-15,17H,3-10,12-13H2,1-2H3,(H2,29,35)(H,30,36)(H,32,38)(H,39,40)/t15-,17+/m0/s1. The highest BCUT2D eigenvalue weighted by molar-refractivity contribution is 7.09. The first-order chi connectivity index (χ1) is 19.4. The van der Waals surface area contributed by atoms with Crippen molar-refractivity contribution >= 4 is 40.8 Å². The van der Waals surface area contributed by atoms with Gasteiger partial charge in [0.15, 0.2) is 11.5 Å². The normalized spacial score (nSPS) is 16.1. The number of unbranched alkanes of at least 4 members (excludes halogenated alkanes) is 1. The molecule has 3 heterocycles. The predicted molar refractivity (Wildman–Crippen MR) is 150 cm³/mol. The third-order valence-corrected chi connectivity index (χ3v) is 8.47. The summed E-state index contributed by atoms with van der Waals surface area (Å²) in [4.78, 5) is 78.7. The van der Waals surface area contributed by atoms with Crippen molar-refractivity contribution in [2.45, 2.75) is 89.8 Å². The predicted octanol–water partition coefficient (Wildman–Crippen LogP) is 1.86. The molecule has 2 aliphatic rings. The van der Waals surface area contributed by atoms with Gasteiger partial charge in [-0.1, -0.05) is 20.3 Å². The second-order valence-electron chi connectivity index (χ2n) is 11.0. The van der Waals surface area contributed by atoms with E-state index in [4.69, 9.17) is 5.73 Å². The molecule has 0 radical (unpaired) electrons. The van der Waals surface area contributed by atoms with Crippen LogP contribution < -0.4 is 21.9 Å². The van der Waals surface area contributed by atoms with Gasteiger partial charge in [-0.15, -0.1) is 11.3 Å². The van der Waals surface area contributed by atoms with Gasteiger partial charge in [-0.25, -0.2) is 9.78 Å². The lowest BCUT2D eigenvalue weighted by molar-refractivity contribution is -0.130. The number of rotatable bonds is 15. The average molecular weight is 586 g/mol. The number of hydrogen-bond acceptors (Lipinski definition) is 8. The first-order valence-corrected chi connectivity index (χ1v) is 14.7. The molecule has 0 bridgehead atoms. The van der Waals surface area contributed by atoms with Gasteiger partial charge in [0.1, 0.15) is 5.01 Å². The number of hydrogen-bond donors (Lipinski definition) is 4. The third kappa shape index (κ3) is 6.89. The lowest BCUT2D eigenvalue weighted by atomic mass is 9.92. The molecule has 12 nitrogen and oxygen atoms in total. The number of carbonyl (C=O) groups excluding carboxylic acids is 4. The SMILES string of the molecule is CCCCC(=O)N[C@H](CC(N)=O)C(=O)C[C@@H](C)CCc1c2c(cc(=O)n1Cc1nc(C(=O)O)cs1)C1(CC1)NC2=O. The summed E-state index contributed by atoms with van der Waals surface area (Å²) in [6, 6.07) is 0.477. The highest BCUT2D eigenvalue weighted by Crippen LogP contribution is 2.50. The van der Waals surface area contributed by atoms with Crippen LogP contribution in [0.2, 0.25) is 0 Å². The third-order valence-electron chi connectivity index (χ3n) is 7.64. The van der Waals surface area contributed by atoms with Gasteiger partial charge >= 0.3 is 5.97 Å². The number of nitrogens with two attached hydrogens (primary N) is 1. The van der Waals surface area contributed by atoms with Crippen molar-refractivity contribution in [3.05, 3.63) is 49.3 Å². The Labute approximate surface area is 240 Å². The topological polar surface area (TPSA) is 191 Å². The second kappa shape index (κ2) is 12.3. The molecule has 0 saturated heterocycles. The van der Waals surface area contributed by atoms with E-state index in [0.717, 1.165) is 30.6 Å². The molecule has 5 N–H and O–H groups in total. The van der Waals surface area contributed by atoms with Crippen LogP contribution in [0.25, 0.3) is 0 Å². The Kier molecular flexibility index (Phi) is 9.05. The monoisotopic (exact) mass is 585 g/mol. The average Bonchev–Trinajstić information content (AvgIpc) is 3.42. The van der Waals surface area contributed by atoms with E-state index in [0.29, 0.717) is 41.1 Å². The van der Waals surface area contributed by atoms with E-state index in [1.54, 1.807) is 0 Å². The first kappa shape index (κ1) is 30.1. The van der Waals surface area contributed by atoms with E-state index < -0.39 is 23.5 Å². The Hall–Kier alpha value is -3.87. The number of aromatic nitrogens is 2. The van der Waals surface area contributed by atoms with Gasteiger partial charge in [0.05, 0.1) is 30.1 Å². The number of fused-ring (bicyclic) bond motifs is 2. The van der Waals surface area contributed by atoms with Gasteiger partial charge in [-0.2, -0.15) is 0 Å². The van der Waals surface area contributed by atoms with E-state index >= 15 is 0 Å². The van der Waals surface area contributed by atoms with E-state index in [2.05, 4.69) is 15.6 Å². The molecular formula is C28H35N5O7S. The molecule has 1 spiro atoms. The number of carboxylic acids is 1. The summed E-state index contributed by atoms with van der Waals surface area (Å²) in [5.41, 5.74) is 6.05. The fourth-order valence-corrected chi connectivity index (χ4v) is 6.02. The summed E-state index contributed by atoms with van der Waals surface area (Å²) < 4.78 is 1.46. The van der Waals surface area contributed by atoms with E-state index in [-0.39, 0.29) is 60.6 Å². The van der Waals surface area contributed by atoms with Crippen LogP contribution in [0.3, 0.4) is 0 Å². The molecule has 3 amide bonds. The fraction of sp³-hybridized carbons (Fsp3) is 0.536. The summed E-state index contributed by atoms with van der Waals surface area (Å²) >= 11 is 1.12. The quantitative estimate of drug-likeness (QED) is 0.243. The molecule has 2 aromatic heterocycles. The zero-order valence-electron chi connectivity index (χ0n) is 23.2. The number of thiazole rings is 1. The summed E-state index contributed by atoms with van der Waals surface area (Å²) in [7, 11) is 0. The molecular weight excluding hydrogens is 550 g/mol. The summed E-state index contributed by atoms with van der Waals surface area (Å²) in [5, 5.41) is 16.7. The minimum atomic E-state index is -1.17. The molecule has 1 fully saturated rings. The number of Topliss-reactive ketones (excluding diaryl/α,β-unsaturated/α-hetero) is 1. The van der Waals surface area contributed by atoms with E-state index in [9.17, 15) is 33.9 Å². The zero-order chi connectivity index (χ0) is 29.9. The molecule has 13 heteroatoms. The maximum Gasteiger partial charge on any atom is 0.355 e. The molecule has 1 saturated carbocycles. The highest BCUT2D eigenvalue weighted by atomic mass is 32.1. The number of ketones is 1. The van der Waals surface area contributed by atoms with Crippen molar-refractivity contribution in [3.63, 3.8) is 0 Å². The van der Waals surface area contributed by atoms with Crippen LogP contribution in [-0.2, 0) is 32.9 Å². The van der Waals surface area contributed by atoms with Crippen molar-refractivity contribution in [2.75, 3.05) is 0 Å². The lowest BCUT2D eigenvalue weighted by Gasteiger charge is -2.20. The molecule has 1 aliphatic heterocycles. The Morgan fingerprint density at radius 1 is 1.24 bits per heavy atom. The first-order valence-electron chi connectivity index (χ1n) is 13.8. The van der Waals surface area contributed by atoms with Crippen LogP contribution in [0.5, 0.6) is 0 Å². The summed E-state index contributed by atoms with van der Waals surface area (Å²) in [6.07, 6.45) is 3.75. The number of carboxylic acid groups (broad SMARTS) is 1. The van der Waals surface area contributed by atoms with Crippen molar-refractivity contribution in [1.29, 1.82) is 0 Å². The smallest absolute Gasteiger partial charge is 0.355 e. The van der Waals surface area contributed by atoms with Crippen LogP contribution >= 0.6 is 11.3 Å². The maximum absolute atomic E-state index is 13.3. The highest BCUT2D eigenvalue weighted by Gasteiger charge is 2.53. The number of amides is 3. The van der Waals surface area contributed by atoms with Crippen LogP contribution in [0, 0.1) is 5.92 Å². The number of aromatic carboxylic acids is 1. The van der Waals surface area contributed by atoms with Gasteiger partial charge in [-0.05, 0) is 43.6 Å². The Morgan fingerprint density at radius 2 is 1.98 bits per heavy atom. The largest absolute Gasteiger partial charge is 0.476 e. The van der Waals surface area contributed by atoms with Crippen LogP contribution in [0.4, 0.5) is 0 Å². The van der Waals surface area contributed by atoms with Crippen LogP contribution in [0.15, 0.2) is 16.2 Å². The second-order valence-corrected chi connectivity index (χ2v) is 11.9. The zero-order valence-corrected chi connectivity index (χ0v) is 24.0. The summed E-state index contributed by atoms with van der Waals surface area (Å²) in [6.45, 7) is 3.81. The van der Waals surface area contributed by atoms with Gasteiger partial charge in [0.2, 0.25) is 11.8 Å². The Balaban J connectivity index is 1.54. The van der Waals surface area contributed by atoms with Crippen molar-refractivity contribution in [3.8, 4) is 0 Å². The number of pyridine rings is 1. The van der Waals surface area contributed by atoms with Crippen molar-refractivity contribution in [1.82, 2.24) is 20.2 Å². The fourth-order valence-electron chi connectivity index (χ4n) is 5.27. The van der Waals surface area contributed by atoms with Crippen molar-refractivity contribution < 1.29 is 29.1 Å². The number of primary amides is 1. The minimum absolute atomic E-state index is 0.0114. The van der Waals surface area contributed by atoms with Gasteiger partial charge in [0.25, 0.3) is 11.5 Å². The molecule has 1 aliphatic carbocycles. The van der Waals surface area contributed by atoms with Gasteiger partial charge < -0.3 is 26.0 Å². The van der Waals surface area contributed by atoms with Crippen LogP contribution in [-0.4, -0.2) is 50.2 Å². The number of nitrogens with one attached hydrogen (secondary N) is 2. The maximum atomic E-state index is 13.3. The lowest BCUT2D eigenvalue weighted by Crippen LogP contribution is -2.43. The Bertz CT molecular complexity index is 1440. The molecule has 41 heavy (non-hydrogen) atoms. The minimum Gasteiger partial charge on any atom is -0.476 e. The van der Waals surface area contributed by atoms with Crippen LogP contribution in [0.1, 0.15) is 102 Å². The Morgan fingerprint density at radius 3 is 2.59 bits per heavy atom. The molecule has 2 atom stereocenters. The van der Waals surface area contributed by atoms with E-state index in [1.807, 2.05) is 13.8 Å². The molecule has 0 unspecified atom stereocenters.